The Morgan fingerprint density at radius 1 is 0.909 bits per heavy atom. The summed E-state index contributed by atoms with van der Waals surface area (Å²) < 4.78 is 27.0. The van der Waals surface area contributed by atoms with E-state index < -0.39 is 22.7 Å². The minimum atomic E-state index is -1.44. The molecule has 6 atom stereocenters. The molecular weight excluding hydrogens is 843 g/mol. The molecule has 4 aromatic rings. The number of ether oxygens (including phenoxy) is 4. The summed E-state index contributed by atoms with van der Waals surface area (Å²) in [6.45, 7) is 4.70. The second-order valence-corrected chi connectivity index (χ2v) is 17.7. The monoisotopic (exact) mass is 903 g/mol. The molecule has 2 saturated carbocycles. The SMILES string of the molecule is C=CCO[C@@]12Oc3ccc(Oc4ccc5ccccc5c4)cc3[C@H]3[C@H](CCCCO)[C@@H](CCCCO)C=C(C(=NOCc4ccc([N+](=O)[O-])cc4)C[C@@H]1N(CCOCCO)C(=O)C1CC1)[C@H]32. The maximum atomic E-state index is 14.7. The molecule has 350 valence electrons. The number of benzene rings is 4. The van der Waals surface area contributed by atoms with E-state index in [9.17, 15) is 30.2 Å². The summed E-state index contributed by atoms with van der Waals surface area (Å²) in [5.74, 6) is -0.456. The number of carbonyl (C=O) groups excluding carboxylic acids is 1. The number of amides is 1. The van der Waals surface area contributed by atoms with Crippen LogP contribution in [0.2, 0.25) is 0 Å². The second kappa shape index (κ2) is 21.8. The molecule has 0 unspecified atom stereocenters. The van der Waals surface area contributed by atoms with Crippen LogP contribution in [0.1, 0.15) is 74.8 Å². The zero-order valence-corrected chi connectivity index (χ0v) is 37.4. The highest BCUT2D eigenvalue weighted by molar-refractivity contribution is 6.03. The zero-order valence-electron chi connectivity index (χ0n) is 37.4. The highest BCUT2D eigenvalue weighted by Gasteiger charge is 2.66. The molecule has 0 bridgehead atoms. The molecule has 3 N–H and O–H groups in total. The molecule has 66 heavy (non-hydrogen) atoms. The number of nitro groups is 1. The van der Waals surface area contributed by atoms with Crippen molar-refractivity contribution >= 4 is 28.1 Å². The van der Waals surface area contributed by atoms with Crippen molar-refractivity contribution in [2.24, 2.45) is 28.8 Å². The third kappa shape index (κ3) is 10.3. The maximum Gasteiger partial charge on any atom is 0.269 e. The largest absolute Gasteiger partial charge is 0.459 e. The van der Waals surface area contributed by atoms with Crippen LogP contribution in [0.15, 0.2) is 114 Å². The van der Waals surface area contributed by atoms with Gasteiger partial charge in [-0.25, -0.2) is 0 Å². The number of aliphatic hydroxyl groups is 3. The molecule has 0 radical (unpaired) electrons. The van der Waals surface area contributed by atoms with Gasteiger partial charge in [0.25, 0.3) is 5.69 Å². The lowest BCUT2D eigenvalue weighted by atomic mass is 9.55. The summed E-state index contributed by atoms with van der Waals surface area (Å²) >= 11 is 0. The van der Waals surface area contributed by atoms with E-state index in [1.807, 2.05) is 47.4 Å². The summed E-state index contributed by atoms with van der Waals surface area (Å²) in [5, 5.41) is 48.0. The van der Waals surface area contributed by atoms with Crippen molar-refractivity contribution < 1.29 is 48.8 Å². The lowest BCUT2D eigenvalue weighted by Crippen LogP contribution is -2.70. The molecule has 1 aliphatic heterocycles. The van der Waals surface area contributed by atoms with Gasteiger partial charge in [0.05, 0.1) is 43.0 Å². The van der Waals surface area contributed by atoms with Gasteiger partial charge in [-0.1, -0.05) is 60.5 Å². The van der Waals surface area contributed by atoms with E-state index in [0.717, 1.165) is 60.4 Å². The maximum absolute atomic E-state index is 14.7. The van der Waals surface area contributed by atoms with E-state index in [4.69, 9.17) is 28.9 Å². The number of rotatable bonds is 24. The van der Waals surface area contributed by atoms with Crippen LogP contribution in [0, 0.1) is 33.8 Å². The van der Waals surface area contributed by atoms with Gasteiger partial charge in [-0.2, -0.15) is 0 Å². The van der Waals surface area contributed by atoms with E-state index in [0.29, 0.717) is 41.4 Å². The standard InChI is InChI=1S/C52H61N3O11/c1-2-27-63-52-48(54(23-28-62-29-26-58)51(59)37-15-16-37)33-46(53-64-34-35-13-18-40(19-14-35)55(60)61)44-31-39(11-5-7-24-56)43(12-6-8-25-57)49(50(44)52)45-32-42(21-22-47(45)66-52)65-41-20-17-36-9-3-4-10-38(36)30-41/h2-4,9-10,13-14,17-22,30-32,37,39,43,48-50,56-58H,1,5-8,11-12,15-16,23-29,33-34H2/t39-,43+,48-,49+,50+,52+/m0/s1. The van der Waals surface area contributed by atoms with Crippen LogP contribution in [0.5, 0.6) is 17.2 Å². The van der Waals surface area contributed by atoms with Crippen molar-refractivity contribution in [3.63, 3.8) is 0 Å². The summed E-state index contributed by atoms with van der Waals surface area (Å²) in [6, 6.07) is 25.5. The van der Waals surface area contributed by atoms with Gasteiger partial charge in [0.2, 0.25) is 11.7 Å². The quantitative estimate of drug-likeness (QED) is 0.0265. The van der Waals surface area contributed by atoms with Gasteiger partial charge in [-0.3, -0.25) is 14.9 Å². The Hall–Kier alpha value is -5.64. The number of nitro benzene ring substituents is 1. The smallest absolute Gasteiger partial charge is 0.269 e. The van der Waals surface area contributed by atoms with E-state index in [-0.39, 0.29) is 94.5 Å². The van der Waals surface area contributed by atoms with Crippen molar-refractivity contribution in [1.29, 1.82) is 0 Å². The first-order chi connectivity index (χ1) is 32.3. The van der Waals surface area contributed by atoms with E-state index in [1.54, 1.807) is 18.2 Å². The molecule has 0 aromatic heterocycles. The number of hydrogen-bond donors (Lipinski definition) is 3. The lowest BCUT2D eigenvalue weighted by Gasteiger charge is -2.60. The van der Waals surface area contributed by atoms with Crippen LogP contribution >= 0.6 is 0 Å². The molecule has 4 aliphatic rings. The number of nitrogens with zero attached hydrogens (tertiary/aromatic N) is 3. The Morgan fingerprint density at radius 2 is 1.65 bits per heavy atom. The summed E-state index contributed by atoms with van der Waals surface area (Å²) in [5.41, 5.74) is 3.13. The average Bonchev–Trinajstić information content (AvgIpc) is 4.19. The molecule has 4 aromatic carbocycles. The highest BCUT2D eigenvalue weighted by Crippen LogP contribution is 2.62. The zero-order chi connectivity index (χ0) is 46.0. The lowest BCUT2D eigenvalue weighted by molar-refractivity contribution is -0.384. The van der Waals surface area contributed by atoms with E-state index in [2.05, 4.69) is 30.9 Å². The topological polar surface area (TPSA) is 183 Å². The fourth-order valence-corrected chi connectivity index (χ4v) is 10.3. The second-order valence-electron chi connectivity index (χ2n) is 17.7. The number of oxime groups is 1. The number of aliphatic hydroxyl groups excluding tert-OH is 3. The van der Waals surface area contributed by atoms with Crippen molar-refractivity contribution in [3.8, 4) is 17.2 Å². The first kappa shape index (κ1) is 46.9. The van der Waals surface area contributed by atoms with Crippen LogP contribution in [-0.2, 0) is 25.7 Å². The van der Waals surface area contributed by atoms with Gasteiger partial charge in [-0.05, 0) is 115 Å². The van der Waals surface area contributed by atoms with Crippen molar-refractivity contribution in [2.45, 2.75) is 82.1 Å². The van der Waals surface area contributed by atoms with Crippen molar-refractivity contribution in [2.75, 3.05) is 46.2 Å². The van der Waals surface area contributed by atoms with Crippen LogP contribution < -0.4 is 9.47 Å². The van der Waals surface area contributed by atoms with E-state index >= 15 is 0 Å². The van der Waals surface area contributed by atoms with Gasteiger partial charge < -0.3 is 44.0 Å². The number of hydrogen-bond acceptors (Lipinski definition) is 12. The van der Waals surface area contributed by atoms with Crippen LogP contribution in [0.3, 0.4) is 0 Å². The van der Waals surface area contributed by atoms with E-state index in [1.165, 1.54) is 12.1 Å². The van der Waals surface area contributed by atoms with Crippen LogP contribution in [0.25, 0.3) is 10.8 Å². The summed E-state index contributed by atoms with van der Waals surface area (Å²) in [7, 11) is 0. The molecule has 2 fully saturated rings. The van der Waals surface area contributed by atoms with Gasteiger partial charge in [0.15, 0.2) is 0 Å². The third-order valence-electron chi connectivity index (χ3n) is 13.5. The third-order valence-corrected chi connectivity index (χ3v) is 13.5. The Kier molecular flexibility index (Phi) is 15.5. The van der Waals surface area contributed by atoms with Crippen molar-refractivity contribution in [3.05, 3.63) is 130 Å². The number of non-ortho nitro benzene ring substituents is 1. The van der Waals surface area contributed by atoms with Gasteiger partial charge in [0.1, 0.15) is 29.9 Å². The molecule has 1 amide bonds. The Balaban J connectivity index is 1.29. The molecular formula is C52H61N3O11. The minimum absolute atomic E-state index is 0.00997. The van der Waals surface area contributed by atoms with Gasteiger partial charge >= 0.3 is 0 Å². The predicted octanol–water partition coefficient (Wildman–Crippen LogP) is 8.62. The van der Waals surface area contributed by atoms with Gasteiger partial charge in [-0.15, -0.1) is 6.58 Å². The minimum Gasteiger partial charge on any atom is -0.459 e. The average molecular weight is 904 g/mol. The number of carbonyl (C=O) groups is 1. The van der Waals surface area contributed by atoms with Crippen molar-refractivity contribution in [1.82, 2.24) is 4.90 Å². The summed E-state index contributed by atoms with van der Waals surface area (Å²) in [6.07, 6.45) is 10.1. The number of allylic oxidation sites excluding steroid dienone is 1. The highest BCUT2D eigenvalue weighted by atomic mass is 16.7. The molecule has 0 spiro atoms. The normalized spacial score (nSPS) is 23.6. The van der Waals surface area contributed by atoms with Crippen LogP contribution in [-0.4, -0.2) is 94.8 Å². The first-order valence-electron chi connectivity index (χ1n) is 23.4. The molecule has 14 nitrogen and oxygen atoms in total. The fourth-order valence-electron chi connectivity index (χ4n) is 10.3. The molecule has 1 heterocycles. The predicted molar refractivity (Wildman–Crippen MR) is 249 cm³/mol. The molecule has 14 heteroatoms. The first-order valence-corrected chi connectivity index (χ1v) is 23.4. The Bertz CT molecular complexity index is 2380. The fraction of sp³-hybridized carbons (Fsp3) is 0.462. The summed E-state index contributed by atoms with van der Waals surface area (Å²) in [4.78, 5) is 33.6. The molecule has 0 saturated heterocycles. The number of fused-ring (bicyclic) bond motifs is 3. The van der Waals surface area contributed by atoms with Crippen LogP contribution in [0.4, 0.5) is 5.69 Å². The molecule has 3 aliphatic carbocycles. The molecule has 8 rings (SSSR count). The Labute approximate surface area is 385 Å². The van der Waals surface area contributed by atoms with Gasteiger partial charge in [0, 0.05) is 55.7 Å². The Morgan fingerprint density at radius 3 is 2.38 bits per heavy atom. The number of unbranched alkanes of at least 4 members (excludes halogenated alkanes) is 2.